The van der Waals surface area contributed by atoms with Crippen molar-refractivity contribution < 1.29 is 9.53 Å². The van der Waals surface area contributed by atoms with Gasteiger partial charge in [-0.25, -0.2) is 4.98 Å². The molecule has 2 heterocycles. The van der Waals surface area contributed by atoms with E-state index in [4.69, 9.17) is 4.43 Å². The summed E-state index contributed by atoms with van der Waals surface area (Å²) in [6.07, 6.45) is 3.93. The van der Waals surface area contributed by atoms with Crippen LogP contribution in [0.1, 0.15) is 44.6 Å². The van der Waals surface area contributed by atoms with Crippen LogP contribution in [0.15, 0.2) is 42.9 Å². The molecule has 0 aliphatic carbocycles. The number of hydrogen-bond donors (Lipinski definition) is 1. The Kier molecular flexibility index (Phi) is 6.15. The summed E-state index contributed by atoms with van der Waals surface area (Å²) < 4.78 is 8.63. The molecule has 0 radical (unpaired) electrons. The third-order valence-corrected chi connectivity index (χ3v) is 11.0. The summed E-state index contributed by atoms with van der Waals surface area (Å²) in [5.41, 5.74) is 2.12. The average Bonchev–Trinajstić information content (AvgIpc) is 3.20. The van der Waals surface area contributed by atoms with Crippen molar-refractivity contribution in [2.45, 2.75) is 70.1 Å². The van der Waals surface area contributed by atoms with E-state index in [0.717, 1.165) is 25.2 Å². The topological polar surface area (TPSA) is 50.5 Å². The van der Waals surface area contributed by atoms with Crippen molar-refractivity contribution in [3.63, 3.8) is 0 Å². The van der Waals surface area contributed by atoms with Gasteiger partial charge in [0.2, 0.25) is 0 Å². The SMILES string of the molecule is Cn1cncc1C(O)[C@@H]1C[C@@H](O[Si](C)(C)C(C)(C)C)CN1Cc1ccccc1. The van der Waals surface area contributed by atoms with Gasteiger partial charge >= 0.3 is 0 Å². The predicted molar refractivity (Wildman–Crippen MR) is 115 cm³/mol. The van der Waals surface area contributed by atoms with Crippen LogP contribution in [0.25, 0.3) is 0 Å². The molecule has 3 rings (SSSR count). The molecule has 1 aromatic carbocycles. The van der Waals surface area contributed by atoms with Gasteiger partial charge in [-0.15, -0.1) is 0 Å². The zero-order chi connectivity index (χ0) is 20.5. The number of nitrogens with zero attached hydrogens (tertiary/aromatic N) is 3. The fourth-order valence-corrected chi connectivity index (χ4v) is 5.10. The minimum absolute atomic E-state index is 0.0189. The Balaban J connectivity index is 1.81. The van der Waals surface area contributed by atoms with E-state index in [9.17, 15) is 5.11 Å². The van der Waals surface area contributed by atoms with Crippen LogP contribution in [-0.4, -0.2) is 46.6 Å². The molecule has 1 aromatic heterocycles. The maximum absolute atomic E-state index is 11.2. The first-order valence-electron chi connectivity index (χ1n) is 10.2. The number of aliphatic hydroxyl groups is 1. The second kappa shape index (κ2) is 8.11. The van der Waals surface area contributed by atoms with Crippen LogP contribution in [0.4, 0.5) is 0 Å². The van der Waals surface area contributed by atoms with Crippen LogP contribution in [0.3, 0.4) is 0 Å². The quantitative estimate of drug-likeness (QED) is 0.740. The normalized spacial score (nSPS) is 22.5. The number of imidazole rings is 1. The molecule has 1 aliphatic heterocycles. The summed E-state index contributed by atoms with van der Waals surface area (Å²) in [4.78, 5) is 6.57. The molecule has 28 heavy (non-hydrogen) atoms. The number of aliphatic hydroxyl groups excluding tert-OH is 1. The molecule has 1 saturated heterocycles. The van der Waals surface area contributed by atoms with Crippen molar-refractivity contribution in [1.29, 1.82) is 0 Å². The molecule has 154 valence electrons. The Labute approximate surface area is 170 Å². The van der Waals surface area contributed by atoms with Crippen LogP contribution >= 0.6 is 0 Å². The Morgan fingerprint density at radius 3 is 2.50 bits per heavy atom. The summed E-state index contributed by atoms with van der Waals surface area (Å²) >= 11 is 0. The lowest BCUT2D eigenvalue weighted by molar-refractivity contribution is 0.0637. The number of benzene rings is 1. The van der Waals surface area contributed by atoms with Crippen LogP contribution in [0.2, 0.25) is 18.1 Å². The lowest BCUT2D eigenvalue weighted by Crippen LogP contribution is -2.44. The van der Waals surface area contributed by atoms with E-state index in [1.54, 1.807) is 12.5 Å². The smallest absolute Gasteiger partial charge is 0.192 e. The van der Waals surface area contributed by atoms with Gasteiger partial charge in [0.1, 0.15) is 6.10 Å². The Hall–Kier alpha value is -1.47. The first-order chi connectivity index (χ1) is 13.1. The second-order valence-electron chi connectivity index (χ2n) is 9.59. The Bertz CT molecular complexity index is 770. The van der Waals surface area contributed by atoms with Crippen molar-refractivity contribution in [2.75, 3.05) is 6.54 Å². The lowest BCUT2D eigenvalue weighted by Gasteiger charge is -2.38. The molecule has 0 saturated carbocycles. The Morgan fingerprint density at radius 2 is 1.93 bits per heavy atom. The van der Waals surface area contributed by atoms with Crippen molar-refractivity contribution in [3.8, 4) is 0 Å². The molecule has 6 heteroatoms. The van der Waals surface area contributed by atoms with Crippen LogP contribution in [0, 0.1) is 0 Å². The van der Waals surface area contributed by atoms with E-state index < -0.39 is 14.4 Å². The summed E-state index contributed by atoms with van der Waals surface area (Å²) in [6.45, 7) is 13.1. The first kappa shape index (κ1) is 21.2. The van der Waals surface area contributed by atoms with Gasteiger partial charge in [-0.3, -0.25) is 4.90 Å². The van der Waals surface area contributed by atoms with E-state index in [1.807, 2.05) is 17.7 Å². The van der Waals surface area contributed by atoms with Crippen molar-refractivity contribution in [1.82, 2.24) is 14.5 Å². The molecule has 1 fully saturated rings. The summed E-state index contributed by atoms with van der Waals surface area (Å²) in [5.74, 6) is 0. The minimum atomic E-state index is -1.86. The van der Waals surface area contributed by atoms with Crippen molar-refractivity contribution >= 4 is 8.32 Å². The van der Waals surface area contributed by atoms with Gasteiger partial charge in [0.15, 0.2) is 8.32 Å². The van der Waals surface area contributed by atoms with Gasteiger partial charge in [0, 0.05) is 26.2 Å². The average molecular weight is 402 g/mol. The molecule has 1 N–H and O–H groups in total. The molecule has 2 aromatic rings. The highest BCUT2D eigenvalue weighted by molar-refractivity contribution is 6.74. The molecular weight excluding hydrogens is 366 g/mol. The summed E-state index contributed by atoms with van der Waals surface area (Å²) in [5, 5.41) is 11.3. The molecule has 1 aliphatic rings. The maximum atomic E-state index is 11.2. The van der Waals surface area contributed by atoms with Crippen LogP contribution < -0.4 is 0 Å². The van der Waals surface area contributed by atoms with E-state index >= 15 is 0 Å². The molecule has 0 bridgehead atoms. The largest absolute Gasteiger partial charge is 0.413 e. The molecule has 1 unspecified atom stereocenters. The van der Waals surface area contributed by atoms with Gasteiger partial charge in [-0.05, 0) is 30.1 Å². The molecule has 5 nitrogen and oxygen atoms in total. The van der Waals surface area contributed by atoms with Crippen LogP contribution in [-0.2, 0) is 18.0 Å². The van der Waals surface area contributed by atoms with E-state index in [0.29, 0.717) is 0 Å². The molecular formula is C22H35N3O2Si. The zero-order valence-corrected chi connectivity index (χ0v) is 19.1. The van der Waals surface area contributed by atoms with E-state index in [2.05, 4.69) is 68.0 Å². The second-order valence-corrected chi connectivity index (χ2v) is 14.3. The highest BCUT2D eigenvalue weighted by atomic mass is 28.4. The third kappa shape index (κ3) is 4.57. The van der Waals surface area contributed by atoms with Gasteiger partial charge in [0.05, 0.1) is 24.3 Å². The van der Waals surface area contributed by atoms with Gasteiger partial charge in [-0.1, -0.05) is 51.1 Å². The monoisotopic (exact) mass is 401 g/mol. The van der Waals surface area contributed by atoms with Crippen molar-refractivity contribution in [2.24, 2.45) is 7.05 Å². The van der Waals surface area contributed by atoms with Crippen LogP contribution in [0.5, 0.6) is 0 Å². The first-order valence-corrected chi connectivity index (χ1v) is 13.1. The molecule has 3 atom stereocenters. The van der Waals surface area contributed by atoms with Crippen molar-refractivity contribution in [3.05, 3.63) is 54.1 Å². The van der Waals surface area contributed by atoms with E-state index in [1.165, 1.54) is 5.56 Å². The number of rotatable bonds is 6. The molecule has 0 spiro atoms. The summed E-state index contributed by atoms with van der Waals surface area (Å²) in [7, 11) is 0.0772. The van der Waals surface area contributed by atoms with Gasteiger partial charge in [0.25, 0.3) is 0 Å². The highest BCUT2D eigenvalue weighted by Gasteiger charge is 2.44. The number of aromatic nitrogens is 2. The lowest BCUT2D eigenvalue weighted by atomic mass is 10.0. The molecule has 0 amide bonds. The fourth-order valence-electron chi connectivity index (χ4n) is 3.75. The van der Waals surface area contributed by atoms with E-state index in [-0.39, 0.29) is 17.2 Å². The Morgan fingerprint density at radius 1 is 1.25 bits per heavy atom. The minimum Gasteiger partial charge on any atom is -0.413 e. The number of hydrogen-bond acceptors (Lipinski definition) is 4. The highest BCUT2D eigenvalue weighted by Crippen LogP contribution is 2.40. The summed E-state index contributed by atoms with van der Waals surface area (Å²) in [6, 6.07) is 10.5. The number of aryl methyl sites for hydroxylation is 1. The fraction of sp³-hybridized carbons (Fsp3) is 0.591. The third-order valence-electron chi connectivity index (χ3n) is 6.43. The zero-order valence-electron chi connectivity index (χ0n) is 18.1. The van der Waals surface area contributed by atoms with Gasteiger partial charge < -0.3 is 14.1 Å². The standard InChI is InChI=1S/C22H35N3O2Si/c1-22(2,3)28(5,6)27-18-12-19(21(26)20-13-23-16-24(20)4)25(15-18)14-17-10-8-7-9-11-17/h7-11,13,16,18-19,21,26H,12,14-15H2,1-6H3/t18-,19+,21?/m1/s1. The predicted octanol–water partition coefficient (Wildman–Crippen LogP) is 4.12. The number of likely N-dealkylation sites (tertiary alicyclic amines) is 1. The van der Waals surface area contributed by atoms with Gasteiger partial charge in [-0.2, -0.15) is 0 Å². The maximum Gasteiger partial charge on any atom is 0.192 e.